The molecule has 0 saturated carbocycles. The third-order valence-electron chi connectivity index (χ3n) is 6.15. The molecule has 6 heteroatoms. The van der Waals surface area contributed by atoms with E-state index in [1.54, 1.807) is 12.1 Å². The van der Waals surface area contributed by atoms with Crippen molar-refractivity contribution in [2.24, 2.45) is 5.92 Å². The topological polar surface area (TPSA) is 9.72 Å². The summed E-state index contributed by atoms with van der Waals surface area (Å²) in [5.74, 6) is 0.646. The third kappa shape index (κ3) is 4.78. The van der Waals surface area contributed by atoms with Crippen LogP contribution in [0.15, 0.2) is 24.3 Å². The summed E-state index contributed by atoms with van der Waals surface area (Å²) in [5.41, 5.74) is -0.0986. The summed E-state index contributed by atoms with van der Waals surface area (Å²) in [4.78, 5) is 7.13. The fourth-order valence-electron chi connectivity index (χ4n) is 4.30. The quantitative estimate of drug-likeness (QED) is 0.804. The van der Waals surface area contributed by atoms with E-state index in [4.69, 9.17) is 0 Å². The Bertz CT molecular complexity index is 574. The molecule has 0 aliphatic carbocycles. The molecule has 0 bridgehead atoms. The standard InChI is InChI=1S/C20H30F3N3/c1-16(26-13-11-24(2)12-14-26)17-7-9-25(10-8-17)15-18-5-3-4-6-19(18)20(21,22)23/h3-6,16-17H,7-15H2,1-2H3/t16-/m0/s1. The smallest absolute Gasteiger partial charge is 0.304 e. The fourth-order valence-corrected chi connectivity index (χ4v) is 4.30. The van der Waals surface area contributed by atoms with Crippen LogP contribution in [0.25, 0.3) is 0 Å². The zero-order valence-electron chi connectivity index (χ0n) is 15.8. The number of halogens is 3. The van der Waals surface area contributed by atoms with Gasteiger partial charge in [-0.25, -0.2) is 0 Å². The van der Waals surface area contributed by atoms with Crippen LogP contribution >= 0.6 is 0 Å². The van der Waals surface area contributed by atoms with E-state index in [0.29, 0.717) is 24.1 Å². The molecule has 0 unspecified atom stereocenters. The summed E-state index contributed by atoms with van der Waals surface area (Å²) in [6, 6.07) is 6.54. The van der Waals surface area contributed by atoms with Crippen LogP contribution in [-0.2, 0) is 12.7 Å². The monoisotopic (exact) mass is 369 g/mol. The first kappa shape index (κ1) is 19.6. The number of piperazine rings is 1. The van der Waals surface area contributed by atoms with Gasteiger partial charge in [-0.1, -0.05) is 18.2 Å². The van der Waals surface area contributed by atoms with Crippen molar-refractivity contribution in [2.75, 3.05) is 46.3 Å². The van der Waals surface area contributed by atoms with E-state index in [-0.39, 0.29) is 0 Å². The zero-order chi connectivity index (χ0) is 18.7. The normalized spacial score (nSPS) is 23.3. The van der Waals surface area contributed by atoms with E-state index in [1.165, 1.54) is 12.1 Å². The minimum atomic E-state index is -4.27. The summed E-state index contributed by atoms with van der Waals surface area (Å²) >= 11 is 0. The molecule has 1 atom stereocenters. The molecule has 2 saturated heterocycles. The van der Waals surface area contributed by atoms with E-state index in [0.717, 1.165) is 52.1 Å². The zero-order valence-corrected chi connectivity index (χ0v) is 15.8. The van der Waals surface area contributed by atoms with Crippen molar-refractivity contribution in [1.82, 2.24) is 14.7 Å². The second kappa shape index (κ2) is 8.28. The van der Waals surface area contributed by atoms with Gasteiger partial charge in [0.25, 0.3) is 0 Å². The molecule has 1 aromatic carbocycles. The lowest BCUT2D eigenvalue weighted by molar-refractivity contribution is -0.138. The number of rotatable bonds is 4. The molecular weight excluding hydrogens is 339 g/mol. The number of nitrogens with zero attached hydrogens (tertiary/aromatic N) is 3. The van der Waals surface area contributed by atoms with Gasteiger partial charge in [-0.15, -0.1) is 0 Å². The van der Waals surface area contributed by atoms with Gasteiger partial charge < -0.3 is 4.90 Å². The lowest BCUT2D eigenvalue weighted by Crippen LogP contribution is -2.51. The summed E-state index contributed by atoms with van der Waals surface area (Å²) in [6.07, 6.45) is -2.13. The van der Waals surface area contributed by atoms with E-state index in [1.807, 2.05) is 0 Å². The minimum absolute atomic E-state index is 0.394. The van der Waals surface area contributed by atoms with E-state index in [2.05, 4.69) is 28.7 Å². The van der Waals surface area contributed by atoms with Gasteiger partial charge in [-0.05, 0) is 57.5 Å². The summed E-state index contributed by atoms with van der Waals surface area (Å²) < 4.78 is 39.5. The number of alkyl halides is 3. The maximum Gasteiger partial charge on any atom is 0.416 e. The van der Waals surface area contributed by atoms with Crippen molar-refractivity contribution in [2.45, 2.75) is 38.5 Å². The van der Waals surface area contributed by atoms with Gasteiger partial charge in [0.05, 0.1) is 5.56 Å². The first-order valence-electron chi connectivity index (χ1n) is 9.64. The maximum atomic E-state index is 13.2. The molecule has 3 rings (SSSR count). The molecule has 1 aromatic rings. The third-order valence-corrected chi connectivity index (χ3v) is 6.15. The van der Waals surface area contributed by atoms with Crippen LogP contribution < -0.4 is 0 Å². The molecule has 26 heavy (non-hydrogen) atoms. The highest BCUT2D eigenvalue weighted by molar-refractivity contribution is 5.29. The Morgan fingerprint density at radius 1 is 1.00 bits per heavy atom. The molecule has 0 N–H and O–H groups in total. The number of piperidine rings is 1. The van der Waals surface area contributed by atoms with Gasteiger partial charge in [0, 0.05) is 38.8 Å². The largest absolute Gasteiger partial charge is 0.416 e. The Labute approximate surface area is 154 Å². The molecule has 2 aliphatic rings. The van der Waals surface area contributed by atoms with Crippen LogP contribution in [0.3, 0.4) is 0 Å². The summed E-state index contributed by atoms with van der Waals surface area (Å²) in [6.45, 7) is 8.97. The lowest BCUT2D eigenvalue weighted by Gasteiger charge is -2.42. The molecule has 3 nitrogen and oxygen atoms in total. The van der Waals surface area contributed by atoms with Gasteiger partial charge in [-0.3, -0.25) is 9.80 Å². The van der Waals surface area contributed by atoms with Crippen LogP contribution in [0, 0.1) is 5.92 Å². The molecular formula is C20H30F3N3. The average molecular weight is 369 g/mol. The number of likely N-dealkylation sites (N-methyl/N-ethyl adjacent to an activating group) is 1. The van der Waals surface area contributed by atoms with Crippen molar-refractivity contribution < 1.29 is 13.2 Å². The van der Waals surface area contributed by atoms with Crippen LogP contribution in [-0.4, -0.2) is 67.1 Å². The van der Waals surface area contributed by atoms with Crippen molar-refractivity contribution in [3.63, 3.8) is 0 Å². The van der Waals surface area contributed by atoms with E-state index < -0.39 is 11.7 Å². The SMILES string of the molecule is C[C@@H](C1CCN(Cc2ccccc2C(F)(F)F)CC1)N1CCN(C)CC1. The van der Waals surface area contributed by atoms with Crippen molar-refractivity contribution >= 4 is 0 Å². The number of benzene rings is 1. The van der Waals surface area contributed by atoms with Gasteiger partial charge in [-0.2, -0.15) is 13.2 Å². The highest BCUT2D eigenvalue weighted by Crippen LogP contribution is 2.33. The molecule has 0 radical (unpaired) electrons. The molecule has 2 fully saturated rings. The van der Waals surface area contributed by atoms with Gasteiger partial charge in [0.15, 0.2) is 0 Å². The highest BCUT2D eigenvalue weighted by atomic mass is 19.4. The minimum Gasteiger partial charge on any atom is -0.304 e. The van der Waals surface area contributed by atoms with Gasteiger partial charge >= 0.3 is 6.18 Å². The van der Waals surface area contributed by atoms with Crippen molar-refractivity contribution in [1.29, 1.82) is 0 Å². The Kier molecular flexibility index (Phi) is 6.25. The first-order chi connectivity index (χ1) is 12.3. The lowest BCUT2D eigenvalue weighted by atomic mass is 9.88. The summed E-state index contributed by atoms with van der Waals surface area (Å²) in [5, 5.41) is 0. The van der Waals surface area contributed by atoms with Crippen LogP contribution in [0.1, 0.15) is 30.9 Å². The highest BCUT2D eigenvalue weighted by Gasteiger charge is 2.34. The molecule has 0 aromatic heterocycles. The van der Waals surface area contributed by atoms with Crippen LogP contribution in [0.4, 0.5) is 13.2 Å². The Hall–Kier alpha value is -1.11. The molecule has 146 valence electrons. The van der Waals surface area contributed by atoms with Crippen molar-refractivity contribution in [3.8, 4) is 0 Å². The first-order valence-corrected chi connectivity index (χ1v) is 9.64. The van der Waals surface area contributed by atoms with Crippen LogP contribution in [0.5, 0.6) is 0 Å². The maximum absolute atomic E-state index is 13.2. The predicted molar refractivity (Wildman–Crippen MR) is 98.0 cm³/mol. The second-order valence-corrected chi connectivity index (χ2v) is 7.85. The van der Waals surface area contributed by atoms with Gasteiger partial charge in [0.2, 0.25) is 0 Å². The van der Waals surface area contributed by atoms with Crippen molar-refractivity contribution in [3.05, 3.63) is 35.4 Å². The number of hydrogen-bond acceptors (Lipinski definition) is 3. The Balaban J connectivity index is 1.53. The fraction of sp³-hybridized carbons (Fsp3) is 0.700. The second-order valence-electron chi connectivity index (χ2n) is 7.85. The predicted octanol–water partition coefficient (Wildman–Crippen LogP) is 3.55. The van der Waals surface area contributed by atoms with Gasteiger partial charge in [0.1, 0.15) is 0 Å². The number of likely N-dealkylation sites (tertiary alicyclic amines) is 1. The van der Waals surface area contributed by atoms with E-state index >= 15 is 0 Å². The summed E-state index contributed by atoms with van der Waals surface area (Å²) in [7, 11) is 2.17. The number of hydrogen-bond donors (Lipinski definition) is 0. The Morgan fingerprint density at radius 2 is 1.62 bits per heavy atom. The molecule has 2 heterocycles. The Morgan fingerprint density at radius 3 is 2.23 bits per heavy atom. The molecule has 2 aliphatic heterocycles. The van der Waals surface area contributed by atoms with E-state index in [9.17, 15) is 13.2 Å². The van der Waals surface area contributed by atoms with Crippen LogP contribution in [0.2, 0.25) is 0 Å². The molecule has 0 spiro atoms. The average Bonchev–Trinajstić information content (AvgIpc) is 2.62. The molecule has 0 amide bonds.